The van der Waals surface area contributed by atoms with Gasteiger partial charge < -0.3 is 14.7 Å². The number of hydrogen-bond acceptors (Lipinski definition) is 6. The summed E-state index contributed by atoms with van der Waals surface area (Å²) in [6.07, 6.45) is 5.30. The van der Waals surface area contributed by atoms with Gasteiger partial charge in [0.25, 0.3) is 5.91 Å². The van der Waals surface area contributed by atoms with Crippen molar-refractivity contribution in [2.45, 2.75) is 77.2 Å². The Morgan fingerprint density at radius 3 is 2.71 bits per heavy atom. The molecule has 2 N–H and O–H groups in total. The molecule has 5 rings (SSSR count). The molecular weight excluding hydrogens is 560 g/mol. The highest BCUT2D eigenvalue weighted by molar-refractivity contribution is 7.90. The molecule has 1 fully saturated rings. The second kappa shape index (κ2) is 12.1. The molecule has 5 atom stereocenters. The van der Waals surface area contributed by atoms with E-state index in [1.807, 2.05) is 6.07 Å². The summed E-state index contributed by atoms with van der Waals surface area (Å²) >= 11 is 6.41. The van der Waals surface area contributed by atoms with Crippen LogP contribution in [0, 0.1) is 17.8 Å². The van der Waals surface area contributed by atoms with Crippen LogP contribution in [0.5, 0.6) is 5.75 Å². The lowest BCUT2D eigenvalue weighted by molar-refractivity contribution is 0.00149. The molecule has 0 saturated heterocycles. The summed E-state index contributed by atoms with van der Waals surface area (Å²) in [5, 5.41) is 11.9. The quantitative estimate of drug-likeness (QED) is 0.467. The van der Waals surface area contributed by atoms with Crippen LogP contribution in [-0.2, 0) is 21.9 Å². The minimum absolute atomic E-state index is 0.120. The first-order chi connectivity index (χ1) is 19.5. The number of aryl methyl sites for hydroxylation is 1. The van der Waals surface area contributed by atoms with Crippen molar-refractivity contribution in [3.63, 3.8) is 0 Å². The third-order valence-corrected chi connectivity index (χ3v) is 10.9. The van der Waals surface area contributed by atoms with Crippen LogP contribution in [-0.4, -0.2) is 51.0 Å². The predicted octanol–water partition coefficient (Wildman–Crippen LogP) is 5.72. The Bertz CT molecular complexity index is 1380. The van der Waals surface area contributed by atoms with E-state index in [1.54, 1.807) is 18.2 Å². The van der Waals surface area contributed by atoms with Gasteiger partial charge in [0.2, 0.25) is 10.0 Å². The number of nitrogens with zero attached hydrogens (tertiary/aromatic N) is 1. The van der Waals surface area contributed by atoms with Gasteiger partial charge in [-0.1, -0.05) is 44.9 Å². The molecule has 0 spiro atoms. The topological polar surface area (TPSA) is 95.9 Å². The molecule has 0 aromatic heterocycles. The predicted molar refractivity (Wildman–Crippen MR) is 163 cm³/mol. The molecule has 2 bridgehead atoms. The molecule has 224 valence electrons. The summed E-state index contributed by atoms with van der Waals surface area (Å²) in [6.45, 7) is 8.27. The van der Waals surface area contributed by atoms with Crippen LogP contribution in [0.3, 0.4) is 0 Å². The van der Waals surface area contributed by atoms with E-state index in [-0.39, 0.29) is 28.6 Å². The Hall–Kier alpha value is -2.29. The minimum atomic E-state index is -3.78. The molecule has 1 amide bonds. The van der Waals surface area contributed by atoms with Gasteiger partial charge >= 0.3 is 0 Å². The van der Waals surface area contributed by atoms with Crippen molar-refractivity contribution in [1.82, 2.24) is 4.72 Å². The molecule has 1 aliphatic carbocycles. The molecule has 2 aliphatic heterocycles. The highest BCUT2D eigenvalue weighted by Crippen LogP contribution is 2.44. The smallest absolute Gasteiger partial charge is 0.264 e. The van der Waals surface area contributed by atoms with Crippen molar-refractivity contribution in [2.75, 3.05) is 30.3 Å². The minimum Gasteiger partial charge on any atom is -0.490 e. The number of ether oxygens (including phenoxy) is 1. The van der Waals surface area contributed by atoms with Crippen molar-refractivity contribution < 1.29 is 23.1 Å². The van der Waals surface area contributed by atoms with Crippen LogP contribution in [0.15, 0.2) is 36.4 Å². The number of halogens is 1. The lowest BCUT2D eigenvalue weighted by Crippen LogP contribution is -2.48. The van der Waals surface area contributed by atoms with Crippen molar-refractivity contribution in [1.29, 1.82) is 0 Å². The zero-order valence-corrected chi connectivity index (χ0v) is 25.9. The van der Waals surface area contributed by atoms with Gasteiger partial charge in [0.15, 0.2) is 0 Å². The van der Waals surface area contributed by atoms with Gasteiger partial charge in [-0.3, -0.25) is 4.79 Å². The van der Waals surface area contributed by atoms with E-state index in [0.29, 0.717) is 44.1 Å². The van der Waals surface area contributed by atoms with Crippen LogP contribution in [0.1, 0.15) is 80.8 Å². The van der Waals surface area contributed by atoms with Crippen molar-refractivity contribution in [3.8, 4) is 5.75 Å². The van der Waals surface area contributed by atoms with Crippen LogP contribution in [0.2, 0.25) is 5.02 Å². The van der Waals surface area contributed by atoms with E-state index in [1.165, 1.54) is 11.1 Å². The standard InChI is InChI=1S/C32H43ClN2O5S/c1-4-6-22-16-25(33)10-12-27(22)32(3)19-35-18-24-8-11-26(24)29(36)15-21(2)7-5-14-41(38,39)34-31(37)23-9-13-30(40-20-32)28(35)17-23/h9-10,12-13,16-17,21,24,26,29,36H,4-8,11,14-15,18-20H2,1-3H3,(H,34,37)/t21-,24+,26-,29+,32+/m1/s1. The fourth-order valence-corrected chi connectivity index (χ4v) is 8.20. The molecule has 9 heteroatoms. The number of sulfonamides is 1. The lowest BCUT2D eigenvalue weighted by Gasteiger charge is -2.44. The van der Waals surface area contributed by atoms with E-state index >= 15 is 0 Å². The third-order valence-electron chi connectivity index (χ3n) is 9.31. The zero-order valence-electron chi connectivity index (χ0n) is 24.4. The SMILES string of the molecule is CCCc1cc(Cl)ccc1[C@]1(C)COc2ccc3cc2N(C[C@@H]2CC[C@H]2[C@@H](O)C[C@H](C)CCCS(=O)(=O)NC3=O)C1. The molecule has 41 heavy (non-hydrogen) atoms. The van der Waals surface area contributed by atoms with Gasteiger partial charge in [-0.15, -0.1) is 0 Å². The van der Waals surface area contributed by atoms with Gasteiger partial charge in [-0.05, 0) is 97.7 Å². The number of amides is 1. The second-order valence-corrected chi connectivity index (χ2v) is 15.0. The van der Waals surface area contributed by atoms with E-state index in [9.17, 15) is 18.3 Å². The summed E-state index contributed by atoms with van der Waals surface area (Å²) in [5.74, 6) is 0.640. The number of fused-ring (bicyclic) bond motifs is 2. The number of aliphatic hydroxyl groups excluding tert-OH is 1. The van der Waals surface area contributed by atoms with Gasteiger partial charge in [0, 0.05) is 29.1 Å². The normalized spacial score (nSPS) is 30.3. The fourth-order valence-electron chi connectivity index (χ4n) is 6.96. The van der Waals surface area contributed by atoms with Crippen LogP contribution in [0.4, 0.5) is 5.69 Å². The molecule has 1 saturated carbocycles. The molecule has 0 unspecified atom stereocenters. The average Bonchev–Trinajstić information content (AvgIpc) is 3.02. The van der Waals surface area contributed by atoms with E-state index in [0.717, 1.165) is 42.9 Å². The summed E-state index contributed by atoms with van der Waals surface area (Å²) in [6, 6.07) is 11.3. The maximum atomic E-state index is 13.1. The average molecular weight is 603 g/mol. The van der Waals surface area contributed by atoms with Crippen LogP contribution >= 0.6 is 11.6 Å². The molecule has 3 aliphatic rings. The Morgan fingerprint density at radius 1 is 1.17 bits per heavy atom. The van der Waals surface area contributed by atoms with Crippen LogP contribution in [0.25, 0.3) is 0 Å². The fraction of sp³-hybridized carbons (Fsp3) is 0.594. The first kappa shape index (κ1) is 30.2. The Labute approximate surface area is 249 Å². The van der Waals surface area contributed by atoms with Crippen LogP contribution < -0.4 is 14.4 Å². The van der Waals surface area contributed by atoms with E-state index < -0.39 is 22.0 Å². The van der Waals surface area contributed by atoms with Crippen molar-refractivity contribution in [2.24, 2.45) is 17.8 Å². The van der Waals surface area contributed by atoms with Crippen molar-refractivity contribution >= 4 is 33.2 Å². The maximum absolute atomic E-state index is 13.1. The number of nitrogens with one attached hydrogen (secondary N) is 1. The monoisotopic (exact) mass is 602 g/mol. The highest BCUT2D eigenvalue weighted by atomic mass is 35.5. The molecule has 2 aromatic rings. The Balaban J connectivity index is 1.56. The number of hydrogen-bond donors (Lipinski definition) is 2. The number of aliphatic hydroxyl groups is 1. The molecule has 7 nitrogen and oxygen atoms in total. The first-order valence-electron chi connectivity index (χ1n) is 15.0. The molecule has 2 heterocycles. The van der Waals surface area contributed by atoms with E-state index in [4.69, 9.17) is 16.3 Å². The molecule has 2 aromatic carbocycles. The Kier molecular flexibility index (Phi) is 8.93. The molecular formula is C32H43ClN2O5S. The van der Waals surface area contributed by atoms with Gasteiger partial charge in [-0.2, -0.15) is 0 Å². The number of rotatable bonds is 3. The molecule has 0 radical (unpaired) electrons. The first-order valence-corrected chi connectivity index (χ1v) is 17.0. The second-order valence-electron chi connectivity index (χ2n) is 12.8. The van der Waals surface area contributed by atoms with Gasteiger partial charge in [-0.25, -0.2) is 13.1 Å². The third kappa shape index (κ3) is 6.70. The number of carbonyl (C=O) groups excluding carboxylic acids is 1. The van der Waals surface area contributed by atoms with Gasteiger partial charge in [0.05, 0.1) is 24.2 Å². The summed E-state index contributed by atoms with van der Waals surface area (Å²) in [7, 11) is -3.78. The number of benzene rings is 2. The number of anilines is 1. The van der Waals surface area contributed by atoms with Gasteiger partial charge in [0.1, 0.15) is 5.75 Å². The summed E-state index contributed by atoms with van der Waals surface area (Å²) < 4.78 is 34.2. The highest BCUT2D eigenvalue weighted by Gasteiger charge is 2.41. The maximum Gasteiger partial charge on any atom is 0.264 e. The zero-order chi connectivity index (χ0) is 29.4. The number of carbonyl (C=O) groups is 1. The largest absolute Gasteiger partial charge is 0.490 e. The van der Waals surface area contributed by atoms with Crippen molar-refractivity contribution in [3.05, 3.63) is 58.1 Å². The lowest BCUT2D eigenvalue weighted by atomic mass is 9.68. The summed E-state index contributed by atoms with van der Waals surface area (Å²) in [5.41, 5.74) is 3.11. The summed E-state index contributed by atoms with van der Waals surface area (Å²) in [4.78, 5) is 15.4. The Morgan fingerprint density at radius 2 is 1.98 bits per heavy atom. The van der Waals surface area contributed by atoms with E-state index in [2.05, 4.69) is 42.5 Å².